The van der Waals surface area contributed by atoms with Crippen molar-refractivity contribution in [1.82, 2.24) is 0 Å². The fraction of sp³-hybridized carbons (Fsp3) is 0.100. The van der Waals surface area contributed by atoms with E-state index in [1.165, 1.54) is 18.2 Å². The zero-order valence-electron chi connectivity index (χ0n) is 15.2. The maximum Gasteiger partial charge on any atom is 0.336 e. The summed E-state index contributed by atoms with van der Waals surface area (Å²) >= 11 is 0. The predicted molar refractivity (Wildman–Crippen MR) is 101 cm³/mol. The largest absolute Gasteiger partial charge is 0.478 e. The highest BCUT2D eigenvalue weighted by atomic mass is 16.5. The van der Waals surface area contributed by atoms with E-state index >= 15 is 0 Å². The second kappa shape index (κ2) is 9.70. The molecule has 0 saturated heterocycles. The van der Waals surface area contributed by atoms with Crippen LogP contribution in [0, 0.1) is 0 Å². The van der Waals surface area contributed by atoms with Crippen molar-refractivity contribution in [1.29, 1.82) is 0 Å². The molecule has 9 heteroatoms. The highest BCUT2D eigenvalue weighted by Gasteiger charge is 2.17. The van der Waals surface area contributed by atoms with Crippen molar-refractivity contribution in [3.05, 3.63) is 65.7 Å². The van der Waals surface area contributed by atoms with E-state index in [-0.39, 0.29) is 29.4 Å². The van der Waals surface area contributed by atoms with Gasteiger partial charge in [0.2, 0.25) is 5.91 Å². The number of para-hydroxylation sites is 2. The molecule has 0 aliphatic heterocycles. The SMILES string of the molecule is CCOC(=O)/C=C/C(=O)Nc1ccccc1Oc1ccc(C(=O)O)c(C(=O)O)c1. The summed E-state index contributed by atoms with van der Waals surface area (Å²) in [6.07, 6.45) is 1.98. The molecule has 3 N–H and O–H groups in total. The number of ether oxygens (including phenoxy) is 2. The molecule has 2 rings (SSSR count). The molecule has 0 saturated carbocycles. The number of esters is 1. The Morgan fingerprint density at radius 3 is 2.31 bits per heavy atom. The number of carbonyl (C=O) groups is 4. The number of rotatable bonds is 8. The zero-order valence-corrected chi connectivity index (χ0v) is 15.2. The van der Waals surface area contributed by atoms with Crippen LogP contribution in [0.3, 0.4) is 0 Å². The van der Waals surface area contributed by atoms with Crippen molar-refractivity contribution in [2.24, 2.45) is 0 Å². The topological polar surface area (TPSA) is 139 Å². The van der Waals surface area contributed by atoms with Crippen LogP contribution in [-0.2, 0) is 14.3 Å². The first-order valence-electron chi connectivity index (χ1n) is 8.35. The standard InChI is InChI=1S/C20H17NO8/c1-2-28-18(23)10-9-17(22)21-15-5-3-4-6-16(15)29-12-7-8-13(19(24)25)14(11-12)20(26)27/h3-11H,2H2,1H3,(H,21,22)(H,24,25)(H,26,27)/b10-9+. The number of anilines is 1. The molecule has 0 aliphatic rings. The molecule has 150 valence electrons. The lowest BCUT2D eigenvalue weighted by Gasteiger charge is -2.12. The summed E-state index contributed by atoms with van der Waals surface area (Å²) in [4.78, 5) is 45.7. The summed E-state index contributed by atoms with van der Waals surface area (Å²) in [7, 11) is 0. The second-order valence-corrected chi connectivity index (χ2v) is 5.49. The molecule has 0 aromatic heterocycles. The molecule has 29 heavy (non-hydrogen) atoms. The summed E-state index contributed by atoms with van der Waals surface area (Å²) < 4.78 is 10.3. The van der Waals surface area contributed by atoms with Gasteiger partial charge >= 0.3 is 17.9 Å². The van der Waals surface area contributed by atoms with Gasteiger partial charge in [-0.15, -0.1) is 0 Å². The van der Waals surface area contributed by atoms with Gasteiger partial charge in [-0.25, -0.2) is 14.4 Å². The predicted octanol–water partition coefficient (Wildman–Crippen LogP) is 2.93. The third-order valence-electron chi connectivity index (χ3n) is 3.48. The number of hydrogen-bond donors (Lipinski definition) is 3. The molecule has 0 radical (unpaired) electrons. The summed E-state index contributed by atoms with van der Waals surface area (Å²) in [6.45, 7) is 1.82. The van der Waals surface area contributed by atoms with E-state index < -0.39 is 29.4 Å². The number of carboxylic acid groups (broad SMARTS) is 2. The van der Waals surface area contributed by atoms with Gasteiger partial charge in [-0.1, -0.05) is 12.1 Å². The molecule has 2 aromatic carbocycles. The van der Waals surface area contributed by atoms with Crippen LogP contribution in [-0.4, -0.2) is 40.6 Å². The third-order valence-corrected chi connectivity index (χ3v) is 3.48. The fourth-order valence-corrected chi connectivity index (χ4v) is 2.24. The monoisotopic (exact) mass is 399 g/mol. The summed E-state index contributed by atoms with van der Waals surface area (Å²) in [6, 6.07) is 9.81. The lowest BCUT2D eigenvalue weighted by Crippen LogP contribution is -2.10. The van der Waals surface area contributed by atoms with Crippen molar-refractivity contribution in [2.75, 3.05) is 11.9 Å². The van der Waals surface area contributed by atoms with E-state index in [4.69, 9.17) is 9.84 Å². The van der Waals surface area contributed by atoms with Crippen LogP contribution < -0.4 is 10.1 Å². The smallest absolute Gasteiger partial charge is 0.336 e. The van der Waals surface area contributed by atoms with Crippen molar-refractivity contribution >= 4 is 29.5 Å². The molecule has 0 atom stereocenters. The Balaban J connectivity index is 2.22. The first-order chi connectivity index (χ1) is 13.8. The Bertz CT molecular complexity index is 980. The van der Waals surface area contributed by atoms with Crippen LogP contribution in [0.25, 0.3) is 0 Å². The van der Waals surface area contributed by atoms with Gasteiger partial charge in [-0.2, -0.15) is 0 Å². The van der Waals surface area contributed by atoms with Crippen molar-refractivity contribution in [3.8, 4) is 11.5 Å². The molecule has 0 unspecified atom stereocenters. The Morgan fingerprint density at radius 1 is 0.966 bits per heavy atom. The molecule has 0 aliphatic carbocycles. The van der Waals surface area contributed by atoms with Crippen LogP contribution in [0.4, 0.5) is 5.69 Å². The zero-order chi connectivity index (χ0) is 21.4. The van der Waals surface area contributed by atoms with Gasteiger partial charge in [0.05, 0.1) is 23.4 Å². The van der Waals surface area contributed by atoms with E-state index in [1.807, 2.05) is 0 Å². The third kappa shape index (κ3) is 5.93. The molecule has 1 amide bonds. The lowest BCUT2D eigenvalue weighted by molar-refractivity contribution is -0.137. The highest BCUT2D eigenvalue weighted by Crippen LogP contribution is 2.30. The first-order valence-corrected chi connectivity index (χ1v) is 8.35. The Kier molecular flexibility index (Phi) is 7.08. The number of hydrogen-bond acceptors (Lipinski definition) is 6. The van der Waals surface area contributed by atoms with Crippen molar-refractivity contribution in [3.63, 3.8) is 0 Å². The minimum atomic E-state index is -1.42. The maximum atomic E-state index is 12.0. The number of carbonyl (C=O) groups excluding carboxylic acids is 2. The minimum absolute atomic E-state index is 0.0659. The Labute approximate surface area is 165 Å². The van der Waals surface area contributed by atoms with Gasteiger partial charge in [0.25, 0.3) is 0 Å². The van der Waals surface area contributed by atoms with Crippen molar-refractivity contribution < 1.29 is 38.9 Å². The molecule has 0 spiro atoms. The Hall–Kier alpha value is -4.14. The van der Waals surface area contributed by atoms with Crippen molar-refractivity contribution in [2.45, 2.75) is 6.92 Å². The van der Waals surface area contributed by atoms with E-state index in [1.54, 1.807) is 19.1 Å². The van der Waals surface area contributed by atoms with Gasteiger partial charge in [-0.05, 0) is 37.3 Å². The van der Waals surface area contributed by atoms with Gasteiger partial charge in [0.15, 0.2) is 5.75 Å². The normalized spacial score (nSPS) is 10.4. The van der Waals surface area contributed by atoms with Gasteiger partial charge in [-0.3, -0.25) is 4.79 Å². The summed E-state index contributed by atoms with van der Waals surface area (Å²) in [5.41, 5.74) is -0.561. The van der Waals surface area contributed by atoms with E-state index in [0.717, 1.165) is 24.3 Å². The first kappa shape index (κ1) is 21.2. The van der Waals surface area contributed by atoms with Crippen LogP contribution in [0.15, 0.2) is 54.6 Å². The van der Waals surface area contributed by atoms with E-state index in [0.29, 0.717) is 0 Å². The lowest BCUT2D eigenvalue weighted by atomic mass is 10.1. The molecule has 0 heterocycles. The van der Waals surface area contributed by atoms with Crippen LogP contribution >= 0.6 is 0 Å². The van der Waals surface area contributed by atoms with Crippen LogP contribution in [0.1, 0.15) is 27.6 Å². The highest BCUT2D eigenvalue weighted by molar-refractivity contribution is 6.03. The fourth-order valence-electron chi connectivity index (χ4n) is 2.24. The second-order valence-electron chi connectivity index (χ2n) is 5.49. The number of amides is 1. The average molecular weight is 399 g/mol. The van der Waals surface area contributed by atoms with E-state index in [2.05, 4.69) is 10.1 Å². The number of carboxylic acids is 2. The summed E-state index contributed by atoms with van der Waals surface area (Å²) in [5.74, 6) is -3.82. The summed E-state index contributed by atoms with van der Waals surface area (Å²) in [5, 5.41) is 20.8. The minimum Gasteiger partial charge on any atom is -0.478 e. The van der Waals surface area contributed by atoms with Gasteiger partial charge in [0, 0.05) is 12.2 Å². The number of aromatic carboxylic acids is 2. The molecule has 2 aromatic rings. The average Bonchev–Trinajstić information content (AvgIpc) is 2.68. The number of benzene rings is 2. The number of nitrogens with one attached hydrogen (secondary N) is 1. The molecule has 9 nitrogen and oxygen atoms in total. The van der Waals surface area contributed by atoms with Crippen LogP contribution in [0.5, 0.6) is 11.5 Å². The molecule has 0 bridgehead atoms. The quantitative estimate of drug-likeness (QED) is 0.455. The maximum absolute atomic E-state index is 12.0. The van der Waals surface area contributed by atoms with Gasteiger partial charge in [0.1, 0.15) is 5.75 Å². The molecular formula is C20H17NO8. The van der Waals surface area contributed by atoms with E-state index in [9.17, 15) is 24.3 Å². The molecular weight excluding hydrogens is 382 g/mol. The Morgan fingerprint density at radius 2 is 1.66 bits per heavy atom. The molecule has 0 fully saturated rings. The van der Waals surface area contributed by atoms with Gasteiger partial charge < -0.3 is 25.0 Å². The van der Waals surface area contributed by atoms with Crippen LogP contribution in [0.2, 0.25) is 0 Å².